The van der Waals surface area contributed by atoms with Crippen LogP contribution in [0.3, 0.4) is 0 Å². The fourth-order valence-electron chi connectivity index (χ4n) is 2.18. The molecule has 0 fully saturated rings. The molecule has 0 atom stereocenters. The Morgan fingerprint density at radius 2 is 1.71 bits per heavy atom. The first-order valence-electron chi connectivity index (χ1n) is 6.63. The summed E-state index contributed by atoms with van der Waals surface area (Å²) in [6, 6.07) is 12.3. The van der Waals surface area contributed by atoms with Crippen molar-refractivity contribution in [1.29, 1.82) is 0 Å². The molecular weight excluding hydrogens is 286 g/mol. The molecule has 0 bridgehead atoms. The molecular formula is C16H19NO3S. The maximum Gasteiger partial charge on any atom is 0.264 e. The summed E-state index contributed by atoms with van der Waals surface area (Å²) < 4.78 is 26.9. The van der Waals surface area contributed by atoms with E-state index in [9.17, 15) is 13.5 Å². The Morgan fingerprint density at radius 3 is 2.29 bits per heavy atom. The summed E-state index contributed by atoms with van der Waals surface area (Å²) in [5.74, 6) is 0. The van der Waals surface area contributed by atoms with E-state index in [2.05, 4.69) is 0 Å². The van der Waals surface area contributed by atoms with Gasteiger partial charge in [-0.1, -0.05) is 24.3 Å². The largest absolute Gasteiger partial charge is 0.392 e. The van der Waals surface area contributed by atoms with Gasteiger partial charge in [-0.2, -0.15) is 0 Å². The molecule has 0 aliphatic carbocycles. The summed E-state index contributed by atoms with van der Waals surface area (Å²) in [7, 11) is -2.12. The zero-order valence-corrected chi connectivity index (χ0v) is 13.2. The van der Waals surface area contributed by atoms with Crippen LogP contribution in [0.1, 0.15) is 16.7 Å². The molecule has 1 N–H and O–H groups in total. The lowest BCUT2D eigenvalue weighted by Crippen LogP contribution is -2.27. The predicted molar refractivity (Wildman–Crippen MR) is 83.9 cm³/mol. The number of aliphatic hydroxyl groups is 1. The van der Waals surface area contributed by atoms with E-state index < -0.39 is 10.0 Å². The van der Waals surface area contributed by atoms with Crippen molar-refractivity contribution < 1.29 is 13.5 Å². The van der Waals surface area contributed by atoms with Crippen LogP contribution in [0.2, 0.25) is 0 Å². The zero-order valence-electron chi connectivity index (χ0n) is 12.4. The van der Waals surface area contributed by atoms with Crippen LogP contribution in [0.15, 0.2) is 47.4 Å². The number of rotatable bonds is 4. The molecule has 0 saturated heterocycles. The average molecular weight is 305 g/mol. The number of aryl methyl sites for hydroxylation is 1. The van der Waals surface area contributed by atoms with Gasteiger partial charge in [0.25, 0.3) is 10.0 Å². The molecule has 2 rings (SSSR count). The van der Waals surface area contributed by atoms with Crippen molar-refractivity contribution in [2.45, 2.75) is 25.3 Å². The van der Waals surface area contributed by atoms with Crippen LogP contribution in [0.25, 0.3) is 0 Å². The van der Waals surface area contributed by atoms with Crippen LogP contribution in [0.4, 0.5) is 5.69 Å². The highest BCUT2D eigenvalue weighted by Crippen LogP contribution is 2.27. The lowest BCUT2D eigenvalue weighted by Gasteiger charge is -2.21. The van der Waals surface area contributed by atoms with E-state index in [4.69, 9.17) is 0 Å². The normalized spacial score (nSPS) is 11.4. The Balaban J connectivity index is 2.57. The fourth-order valence-corrected chi connectivity index (χ4v) is 3.72. The minimum Gasteiger partial charge on any atom is -0.392 e. The van der Waals surface area contributed by atoms with E-state index in [1.54, 1.807) is 37.3 Å². The maximum absolute atomic E-state index is 12.8. The van der Waals surface area contributed by atoms with Crippen molar-refractivity contribution in [3.05, 3.63) is 59.2 Å². The van der Waals surface area contributed by atoms with E-state index in [0.29, 0.717) is 16.8 Å². The van der Waals surface area contributed by atoms with Gasteiger partial charge in [-0.25, -0.2) is 8.42 Å². The quantitative estimate of drug-likeness (QED) is 0.944. The Morgan fingerprint density at radius 1 is 1.10 bits per heavy atom. The lowest BCUT2D eigenvalue weighted by atomic mass is 10.1. The number of hydrogen-bond acceptors (Lipinski definition) is 3. The van der Waals surface area contributed by atoms with Gasteiger partial charge < -0.3 is 5.11 Å². The van der Waals surface area contributed by atoms with Crippen LogP contribution < -0.4 is 4.31 Å². The van der Waals surface area contributed by atoms with Gasteiger partial charge in [0.1, 0.15) is 0 Å². The molecule has 0 aromatic heterocycles. The summed E-state index contributed by atoms with van der Waals surface area (Å²) >= 11 is 0. The van der Waals surface area contributed by atoms with Crippen LogP contribution in [-0.4, -0.2) is 20.6 Å². The molecule has 0 amide bonds. The summed E-state index contributed by atoms with van der Waals surface area (Å²) in [6.07, 6.45) is 0. The molecule has 2 aromatic carbocycles. The van der Waals surface area contributed by atoms with Gasteiger partial charge in [0.2, 0.25) is 0 Å². The van der Waals surface area contributed by atoms with Gasteiger partial charge in [-0.3, -0.25) is 4.31 Å². The highest BCUT2D eigenvalue weighted by atomic mass is 32.2. The molecule has 0 unspecified atom stereocenters. The summed E-state index contributed by atoms with van der Waals surface area (Å²) in [5.41, 5.74) is 2.75. The third-order valence-corrected chi connectivity index (χ3v) is 5.53. The van der Waals surface area contributed by atoms with Crippen molar-refractivity contribution in [2.75, 3.05) is 11.4 Å². The number of anilines is 1. The minimum absolute atomic E-state index is 0.182. The van der Waals surface area contributed by atoms with Gasteiger partial charge in [0, 0.05) is 7.05 Å². The average Bonchev–Trinajstić information content (AvgIpc) is 2.49. The molecule has 2 aromatic rings. The summed E-state index contributed by atoms with van der Waals surface area (Å²) in [4.78, 5) is 0.234. The lowest BCUT2D eigenvalue weighted by molar-refractivity contribution is 0.281. The third-order valence-electron chi connectivity index (χ3n) is 3.62. The van der Waals surface area contributed by atoms with E-state index in [1.165, 1.54) is 17.4 Å². The molecule has 0 radical (unpaired) electrons. The van der Waals surface area contributed by atoms with Gasteiger partial charge in [-0.15, -0.1) is 0 Å². The van der Waals surface area contributed by atoms with Crippen LogP contribution >= 0.6 is 0 Å². The van der Waals surface area contributed by atoms with E-state index in [-0.39, 0.29) is 11.5 Å². The van der Waals surface area contributed by atoms with Gasteiger partial charge in [-0.05, 0) is 48.7 Å². The Kier molecular flexibility index (Phi) is 4.34. The van der Waals surface area contributed by atoms with Crippen LogP contribution in [-0.2, 0) is 16.6 Å². The highest BCUT2D eigenvalue weighted by molar-refractivity contribution is 7.92. The molecule has 5 heteroatoms. The highest BCUT2D eigenvalue weighted by Gasteiger charge is 2.24. The van der Waals surface area contributed by atoms with Crippen LogP contribution in [0.5, 0.6) is 0 Å². The second kappa shape index (κ2) is 5.87. The van der Waals surface area contributed by atoms with E-state index >= 15 is 0 Å². The number of benzene rings is 2. The Hall–Kier alpha value is -1.85. The van der Waals surface area contributed by atoms with Crippen molar-refractivity contribution in [3.63, 3.8) is 0 Å². The Bertz CT molecular complexity index is 740. The van der Waals surface area contributed by atoms with Crippen LogP contribution in [0, 0.1) is 13.8 Å². The first-order valence-corrected chi connectivity index (χ1v) is 8.07. The number of aliphatic hydroxyl groups excluding tert-OH is 1. The summed E-state index contributed by atoms with van der Waals surface area (Å²) in [6.45, 7) is 3.44. The van der Waals surface area contributed by atoms with Crippen molar-refractivity contribution >= 4 is 15.7 Å². The topological polar surface area (TPSA) is 57.6 Å². The first-order chi connectivity index (χ1) is 9.87. The van der Waals surface area contributed by atoms with Gasteiger partial charge >= 0.3 is 0 Å². The molecule has 0 aliphatic rings. The second-order valence-electron chi connectivity index (χ2n) is 5.00. The smallest absolute Gasteiger partial charge is 0.264 e. The fraction of sp³-hybridized carbons (Fsp3) is 0.250. The zero-order chi connectivity index (χ0) is 15.6. The number of para-hydroxylation sites is 1. The summed E-state index contributed by atoms with van der Waals surface area (Å²) in [5, 5.41) is 9.29. The molecule has 0 heterocycles. The standard InChI is InChI=1S/C16H19NO3S/c1-12-9-14(11-18)10-16(13(12)2)21(19,20)17(3)15-7-5-4-6-8-15/h4-10,18H,11H2,1-3H3. The monoisotopic (exact) mass is 305 g/mol. The van der Waals surface area contributed by atoms with Crippen molar-refractivity contribution in [1.82, 2.24) is 0 Å². The number of sulfonamides is 1. The van der Waals surface area contributed by atoms with E-state index in [0.717, 1.165) is 5.56 Å². The SMILES string of the molecule is Cc1cc(CO)cc(S(=O)(=O)N(C)c2ccccc2)c1C. The molecule has 0 saturated carbocycles. The van der Waals surface area contributed by atoms with Gasteiger partial charge in [0.15, 0.2) is 0 Å². The molecule has 21 heavy (non-hydrogen) atoms. The third kappa shape index (κ3) is 2.94. The second-order valence-corrected chi connectivity index (χ2v) is 6.94. The van der Waals surface area contributed by atoms with E-state index in [1.807, 2.05) is 13.0 Å². The number of hydrogen-bond donors (Lipinski definition) is 1. The minimum atomic E-state index is -3.66. The molecule has 112 valence electrons. The number of nitrogens with zero attached hydrogens (tertiary/aromatic N) is 1. The van der Waals surface area contributed by atoms with Gasteiger partial charge in [0.05, 0.1) is 17.2 Å². The Labute approximate surface area is 125 Å². The molecule has 4 nitrogen and oxygen atoms in total. The maximum atomic E-state index is 12.8. The predicted octanol–water partition coefficient (Wildman–Crippen LogP) is 2.62. The van der Waals surface area contributed by atoms with Crippen molar-refractivity contribution in [3.8, 4) is 0 Å². The first kappa shape index (κ1) is 15.5. The molecule has 0 aliphatic heterocycles. The molecule has 0 spiro atoms. The van der Waals surface area contributed by atoms with Crippen molar-refractivity contribution in [2.24, 2.45) is 0 Å².